The van der Waals surface area contributed by atoms with Crippen molar-refractivity contribution in [3.8, 4) is 0 Å². The fourth-order valence-electron chi connectivity index (χ4n) is 3.11. The molecule has 0 aliphatic carbocycles. The van der Waals surface area contributed by atoms with Gasteiger partial charge in [-0.05, 0) is 37.6 Å². The van der Waals surface area contributed by atoms with Gasteiger partial charge in [0.25, 0.3) is 0 Å². The van der Waals surface area contributed by atoms with E-state index in [0.717, 1.165) is 11.6 Å². The molecule has 0 aromatic heterocycles. The molecule has 3 nitrogen and oxygen atoms in total. The average Bonchev–Trinajstić information content (AvgIpc) is 2.28. The van der Waals surface area contributed by atoms with Gasteiger partial charge >= 0.3 is 0 Å². The number of benzene rings is 1. The fourth-order valence-corrected chi connectivity index (χ4v) is 3.11. The topological polar surface area (TPSA) is 32.5 Å². The third kappa shape index (κ3) is 2.12. The number of nitrogens with zero attached hydrogens (tertiary/aromatic N) is 2. The lowest BCUT2D eigenvalue weighted by Gasteiger charge is -2.41. The molecule has 1 aromatic carbocycles. The number of nitrogen functional groups attached to an aromatic ring is 1. The molecule has 0 atom stereocenters. The normalized spacial score (nSPS) is 21.1. The molecule has 2 aliphatic heterocycles. The Morgan fingerprint density at radius 3 is 2.94 bits per heavy atom. The number of hydrogen-bond acceptors (Lipinski definition) is 3. The van der Waals surface area contributed by atoms with E-state index in [4.69, 9.17) is 5.73 Å². The summed E-state index contributed by atoms with van der Waals surface area (Å²) in [6.45, 7) is 4.87. The molecular weight excluding hydrogens is 210 g/mol. The van der Waals surface area contributed by atoms with Crippen LogP contribution in [0.15, 0.2) is 18.2 Å². The van der Waals surface area contributed by atoms with E-state index in [-0.39, 0.29) is 0 Å². The van der Waals surface area contributed by atoms with Crippen LogP contribution in [-0.2, 0) is 6.42 Å². The van der Waals surface area contributed by atoms with Gasteiger partial charge in [0.05, 0.1) is 0 Å². The quantitative estimate of drug-likeness (QED) is 0.784. The third-order valence-corrected chi connectivity index (χ3v) is 3.94. The molecular formula is C14H21N3. The zero-order chi connectivity index (χ0) is 11.8. The van der Waals surface area contributed by atoms with Crippen molar-refractivity contribution in [3.63, 3.8) is 0 Å². The number of aryl methyl sites for hydroxylation is 1. The minimum absolute atomic E-state index is 0.840. The molecule has 2 heterocycles. The first-order valence-electron chi connectivity index (χ1n) is 6.54. The Labute approximate surface area is 103 Å². The Bertz CT molecular complexity index is 410. The number of rotatable bonds is 2. The summed E-state index contributed by atoms with van der Waals surface area (Å²) in [6.07, 6.45) is 2.48. The van der Waals surface area contributed by atoms with Crippen molar-refractivity contribution in [1.82, 2.24) is 4.90 Å². The van der Waals surface area contributed by atoms with Crippen LogP contribution in [-0.4, -0.2) is 38.1 Å². The summed E-state index contributed by atoms with van der Waals surface area (Å²) in [7, 11) is 2.19. The standard InChI is InChI=1S/C14H21N3/c1-16-8-11(9-16)10-17-6-2-3-12-4-5-13(15)7-14(12)17/h4-5,7,11H,2-3,6,8-10,15H2,1H3. The average molecular weight is 231 g/mol. The first-order chi connectivity index (χ1) is 8.22. The zero-order valence-corrected chi connectivity index (χ0v) is 10.5. The van der Waals surface area contributed by atoms with Crippen LogP contribution in [0.25, 0.3) is 0 Å². The van der Waals surface area contributed by atoms with Gasteiger partial charge in [-0.25, -0.2) is 0 Å². The zero-order valence-electron chi connectivity index (χ0n) is 10.5. The summed E-state index contributed by atoms with van der Waals surface area (Å²) in [4.78, 5) is 4.92. The van der Waals surface area contributed by atoms with Crippen LogP contribution in [0.2, 0.25) is 0 Å². The van der Waals surface area contributed by atoms with Gasteiger partial charge in [0.2, 0.25) is 0 Å². The second-order valence-corrected chi connectivity index (χ2v) is 5.52. The lowest BCUT2D eigenvalue weighted by molar-refractivity contribution is 0.138. The highest BCUT2D eigenvalue weighted by atomic mass is 15.2. The number of nitrogens with two attached hydrogens (primary N) is 1. The monoisotopic (exact) mass is 231 g/mol. The molecule has 0 amide bonds. The number of anilines is 2. The van der Waals surface area contributed by atoms with Crippen LogP contribution in [0, 0.1) is 5.92 Å². The molecule has 1 fully saturated rings. The lowest BCUT2D eigenvalue weighted by atomic mass is 9.96. The molecule has 17 heavy (non-hydrogen) atoms. The molecule has 0 spiro atoms. The van der Waals surface area contributed by atoms with E-state index in [9.17, 15) is 0 Å². The smallest absolute Gasteiger partial charge is 0.0419 e. The van der Waals surface area contributed by atoms with Crippen molar-refractivity contribution in [3.05, 3.63) is 23.8 Å². The molecule has 3 rings (SSSR count). The maximum Gasteiger partial charge on any atom is 0.0419 e. The van der Waals surface area contributed by atoms with Gasteiger partial charge in [-0.2, -0.15) is 0 Å². The molecule has 1 saturated heterocycles. The Balaban J connectivity index is 1.76. The summed E-state index contributed by atoms with van der Waals surface area (Å²) >= 11 is 0. The third-order valence-electron chi connectivity index (χ3n) is 3.94. The highest BCUT2D eigenvalue weighted by Crippen LogP contribution is 2.30. The van der Waals surface area contributed by atoms with E-state index in [0.29, 0.717) is 0 Å². The Morgan fingerprint density at radius 2 is 2.18 bits per heavy atom. The van der Waals surface area contributed by atoms with E-state index < -0.39 is 0 Å². The fraction of sp³-hybridized carbons (Fsp3) is 0.571. The van der Waals surface area contributed by atoms with Crippen molar-refractivity contribution in [2.24, 2.45) is 5.92 Å². The minimum atomic E-state index is 0.840. The first-order valence-corrected chi connectivity index (χ1v) is 6.54. The lowest BCUT2D eigenvalue weighted by Crippen LogP contribution is -2.50. The molecule has 0 unspecified atom stereocenters. The highest BCUT2D eigenvalue weighted by molar-refractivity contribution is 5.62. The van der Waals surface area contributed by atoms with Crippen LogP contribution in [0.4, 0.5) is 11.4 Å². The Kier molecular flexibility index (Phi) is 2.71. The van der Waals surface area contributed by atoms with Gasteiger partial charge in [-0.15, -0.1) is 0 Å². The van der Waals surface area contributed by atoms with Gasteiger partial charge in [0, 0.05) is 43.5 Å². The van der Waals surface area contributed by atoms with Crippen molar-refractivity contribution in [2.45, 2.75) is 12.8 Å². The number of likely N-dealkylation sites (tertiary alicyclic amines) is 1. The highest BCUT2D eigenvalue weighted by Gasteiger charge is 2.27. The molecule has 0 saturated carbocycles. The summed E-state index contributed by atoms with van der Waals surface area (Å²) in [5, 5.41) is 0. The van der Waals surface area contributed by atoms with Crippen LogP contribution in [0.5, 0.6) is 0 Å². The minimum Gasteiger partial charge on any atom is -0.399 e. The molecule has 2 N–H and O–H groups in total. The van der Waals surface area contributed by atoms with Crippen molar-refractivity contribution in [1.29, 1.82) is 0 Å². The van der Waals surface area contributed by atoms with Crippen LogP contribution in [0.3, 0.4) is 0 Å². The van der Waals surface area contributed by atoms with Gasteiger partial charge in [-0.1, -0.05) is 6.07 Å². The van der Waals surface area contributed by atoms with Gasteiger partial charge in [-0.3, -0.25) is 0 Å². The van der Waals surface area contributed by atoms with E-state index in [1.54, 1.807) is 0 Å². The van der Waals surface area contributed by atoms with Crippen molar-refractivity contribution >= 4 is 11.4 Å². The maximum atomic E-state index is 5.91. The second-order valence-electron chi connectivity index (χ2n) is 5.52. The summed E-state index contributed by atoms with van der Waals surface area (Å²) < 4.78 is 0. The molecule has 3 heteroatoms. The predicted molar refractivity (Wildman–Crippen MR) is 72.4 cm³/mol. The Morgan fingerprint density at radius 1 is 1.35 bits per heavy atom. The van der Waals surface area contributed by atoms with Gasteiger partial charge in [0.15, 0.2) is 0 Å². The van der Waals surface area contributed by atoms with Crippen molar-refractivity contribution < 1.29 is 0 Å². The number of fused-ring (bicyclic) bond motifs is 1. The van der Waals surface area contributed by atoms with E-state index in [1.165, 1.54) is 50.3 Å². The van der Waals surface area contributed by atoms with E-state index >= 15 is 0 Å². The second kappa shape index (κ2) is 4.22. The molecule has 2 aliphatic rings. The number of hydrogen-bond donors (Lipinski definition) is 1. The first kappa shape index (κ1) is 10.9. The van der Waals surface area contributed by atoms with Gasteiger partial charge < -0.3 is 15.5 Å². The van der Waals surface area contributed by atoms with E-state index in [2.05, 4.69) is 29.0 Å². The van der Waals surface area contributed by atoms with Gasteiger partial charge in [0.1, 0.15) is 0 Å². The Hall–Kier alpha value is -1.22. The summed E-state index contributed by atoms with van der Waals surface area (Å²) in [5.74, 6) is 0.840. The largest absolute Gasteiger partial charge is 0.399 e. The summed E-state index contributed by atoms with van der Waals surface area (Å²) in [5.41, 5.74) is 9.65. The molecule has 1 aromatic rings. The van der Waals surface area contributed by atoms with Crippen LogP contribution >= 0.6 is 0 Å². The molecule has 0 radical (unpaired) electrons. The summed E-state index contributed by atoms with van der Waals surface area (Å²) in [6, 6.07) is 6.38. The SMILES string of the molecule is CN1CC(CN2CCCc3ccc(N)cc32)C1. The van der Waals surface area contributed by atoms with Crippen LogP contribution < -0.4 is 10.6 Å². The predicted octanol–water partition coefficient (Wildman–Crippen LogP) is 1.58. The maximum absolute atomic E-state index is 5.91. The molecule has 92 valence electrons. The van der Waals surface area contributed by atoms with Crippen LogP contribution in [0.1, 0.15) is 12.0 Å². The molecule has 0 bridgehead atoms. The van der Waals surface area contributed by atoms with Crippen molar-refractivity contribution in [2.75, 3.05) is 43.9 Å². The van der Waals surface area contributed by atoms with E-state index in [1.807, 2.05) is 6.07 Å².